The molecule has 0 aliphatic carbocycles. The molecule has 0 N–H and O–H groups in total. The lowest BCUT2D eigenvalue weighted by atomic mass is 10.3. The van der Waals surface area contributed by atoms with Crippen molar-refractivity contribution in [3.63, 3.8) is 0 Å². The van der Waals surface area contributed by atoms with E-state index in [1.165, 1.54) is 12.3 Å². The number of pyridine rings is 1. The molecule has 5 heteroatoms. The largest absolute Gasteiger partial charge is 0.383 e. The second-order valence-electron chi connectivity index (χ2n) is 2.94. The summed E-state index contributed by atoms with van der Waals surface area (Å²) >= 11 is 0. The smallest absolute Gasteiger partial charge is 0.294 e. The summed E-state index contributed by atoms with van der Waals surface area (Å²) in [7, 11) is 3.68. The van der Waals surface area contributed by atoms with Gasteiger partial charge in [0.05, 0.1) is 4.92 Å². The minimum Gasteiger partial charge on any atom is -0.383 e. The molecule has 0 radical (unpaired) electrons. The van der Waals surface area contributed by atoms with Crippen molar-refractivity contribution >= 4 is 11.8 Å². The van der Waals surface area contributed by atoms with Gasteiger partial charge in [-0.15, -0.1) is 0 Å². The normalized spacial score (nSPS) is 10.4. The molecule has 0 fully saturated rings. The Morgan fingerprint density at radius 1 is 1.57 bits per heavy atom. The van der Waals surface area contributed by atoms with Gasteiger partial charge in [0.25, 0.3) is 5.69 Å². The van der Waals surface area contributed by atoms with E-state index >= 15 is 0 Å². The Labute approximate surface area is 81.8 Å². The maximum absolute atomic E-state index is 10.6. The third-order valence-corrected chi connectivity index (χ3v) is 1.54. The Morgan fingerprint density at radius 3 is 2.86 bits per heavy atom. The number of hydrogen-bond acceptors (Lipinski definition) is 4. The van der Waals surface area contributed by atoms with Crippen LogP contribution in [0.2, 0.25) is 0 Å². The van der Waals surface area contributed by atoms with Crippen molar-refractivity contribution in [2.45, 2.75) is 0 Å². The van der Waals surface area contributed by atoms with Crippen LogP contribution < -0.4 is 0 Å². The highest BCUT2D eigenvalue weighted by Crippen LogP contribution is 2.16. The van der Waals surface area contributed by atoms with E-state index in [1.54, 1.807) is 23.2 Å². The van der Waals surface area contributed by atoms with Crippen LogP contribution in [0.3, 0.4) is 0 Å². The molecule has 0 atom stereocenters. The van der Waals surface area contributed by atoms with Crippen molar-refractivity contribution in [1.82, 2.24) is 9.88 Å². The van der Waals surface area contributed by atoms with Crippen molar-refractivity contribution in [1.29, 1.82) is 0 Å². The summed E-state index contributed by atoms with van der Waals surface area (Å²) < 4.78 is 0. The molecular formula is C9H11N3O2. The fourth-order valence-electron chi connectivity index (χ4n) is 0.912. The summed E-state index contributed by atoms with van der Waals surface area (Å²) in [6, 6.07) is 2.98. The van der Waals surface area contributed by atoms with E-state index in [2.05, 4.69) is 4.98 Å². The lowest BCUT2D eigenvalue weighted by Gasteiger charge is -2.02. The summed E-state index contributed by atoms with van der Waals surface area (Å²) in [4.78, 5) is 15.8. The van der Waals surface area contributed by atoms with Gasteiger partial charge >= 0.3 is 0 Å². The van der Waals surface area contributed by atoms with Crippen LogP contribution in [0.25, 0.3) is 6.08 Å². The molecule has 5 nitrogen and oxygen atoms in total. The summed E-state index contributed by atoms with van der Waals surface area (Å²) in [5.41, 5.74) is 0.386. The number of hydrogen-bond donors (Lipinski definition) is 0. The highest BCUT2D eigenvalue weighted by atomic mass is 16.6. The summed E-state index contributed by atoms with van der Waals surface area (Å²) in [5, 5.41) is 10.6. The highest BCUT2D eigenvalue weighted by molar-refractivity contribution is 5.55. The van der Waals surface area contributed by atoms with Crippen LogP contribution >= 0.6 is 0 Å². The maximum atomic E-state index is 10.6. The summed E-state index contributed by atoms with van der Waals surface area (Å²) in [5.74, 6) is 0. The molecule has 0 spiro atoms. The highest BCUT2D eigenvalue weighted by Gasteiger charge is 2.10. The lowest BCUT2D eigenvalue weighted by molar-refractivity contribution is -0.385. The molecule has 0 aromatic carbocycles. The molecule has 0 amide bonds. The van der Waals surface area contributed by atoms with E-state index < -0.39 is 4.92 Å². The predicted octanol–water partition coefficient (Wildman–Crippen LogP) is 1.52. The monoisotopic (exact) mass is 193 g/mol. The van der Waals surface area contributed by atoms with E-state index in [-0.39, 0.29) is 5.69 Å². The van der Waals surface area contributed by atoms with Crippen LogP contribution in [0.1, 0.15) is 5.69 Å². The summed E-state index contributed by atoms with van der Waals surface area (Å²) in [6.45, 7) is 0. The molecule has 1 heterocycles. The van der Waals surface area contributed by atoms with Gasteiger partial charge < -0.3 is 4.90 Å². The first-order valence-electron chi connectivity index (χ1n) is 4.05. The van der Waals surface area contributed by atoms with Crippen molar-refractivity contribution in [2.24, 2.45) is 0 Å². The van der Waals surface area contributed by atoms with Gasteiger partial charge in [0.1, 0.15) is 5.69 Å². The quantitative estimate of drug-likeness (QED) is 0.539. The van der Waals surface area contributed by atoms with Crippen LogP contribution in [0.5, 0.6) is 0 Å². The molecule has 0 aliphatic rings. The maximum Gasteiger partial charge on any atom is 0.294 e. The molecule has 74 valence electrons. The number of nitrogens with zero attached hydrogens (tertiary/aromatic N) is 3. The van der Waals surface area contributed by atoms with E-state index in [4.69, 9.17) is 0 Å². The fraction of sp³-hybridized carbons (Fsp3) is 0.222. The molecule has 1 aromatic heterocycles. The third-order valence-electron chi connectivity index (χ3n) is 1.54. The molecule has 1 rings (SSSR count). The van der Waals surface area contributed by atoms with Gasteiger partial charge in [0.2, 0.25) is 0 Å². The SMILES string of the molecule is CN(C)/C=C/c1ncccc1[N+](=O)[O-]. The molecular weight excluding hydrogens is 182 g/mol. The van der Waals surface area contributed by atoms with Crippen molar-refractivity contribution in [3.05, 3.63) is 40.3 Å². The summed E-state index contributed by atoms with van der Waals surface area (Å²) in [6.07, 6.45) is 4.86. The Morgan fingerprint density at radius 2 is 2.29 bits per heavy atom. The van der Waals surface area contributed by atoms with E-state index in [9.17, 15) is 10.1 Å². The first kappa shape index (κ1) is 10.2. The average molecular weight is 193 g/mol. The molecule has 0 saturated heterocycles. The van der Waals surface area contributed by atoms with Crippen molar-refractivity contribution in [2.75, 3.05) is 14.1 Å². The number of aromatic nitrogens is 1. The van der Waals surface area contributed by atoms with Gasteiger partial charge in [0.15, 0.2) is 0 Å². The standard InChI is InChI=1S/C9H11N3O2/c1-11(2)7-5-8-9(12(13)14)4-3-6-10-8/h3-7H,1-2H3/b7-5+. The van der Waals surface area contributed by atoms with Gasteiger partial charge in [-0.25, -0.2) is 4.98 Å². The molecule has 0 unspecified atom stereocenters. The van der Waals surface area contributed by atoms with Gasteiger partial charge in [-0.05, 0) is 12.1 Å². The molecule has 0 bridgehead atoms. The fourth-order valence-corrected chi connectivity index (χ4v) is 0.912. The van der Waals surface area contributed by atoms with Crippen LogP contribution in [0.15, 0.2) is 24.5 Å². The molecule has 14 heavy (non-hydrogen) atoms. The van der Waals surface area contributed by atoms with Gasteiger partial charge in [0, 0.05) is 32.6 Å². The molecule has 0 saturated carbocycles. The third kappa shape index (κ3) is 2.55. The van der Waals surface area contributed by atoms with Crippen LogP contribution in [0, 0.1) is 10.1 Å². The Hall–Kier alpha value is -1.91. The zero-order valence-electron chi connectivity index (χ0n) is 8.04. The van der Waals surface area contributed by atoms with E-state index in [0.717, 1.165) is 0 Å². The Kier molecular flexibility index (Phi) is 3.17. The van der Waals surface area contributed by atoms with E-state index in [1.807, 2.05) is 14.1 Å². The Balaban J connectivity index is 3.02. The van der Waals surface area contributed by atoms with Crippen LogP contribution in [-0.4, -0.2) is 28.9 Å². The molecule has 1 aromatic rings. The van der Waals surface area contributed by atoms with Gasteiger partial charge in [-0.2, -0.15) is 0 Å². The zero-order valence-corrected chi connectivity index (χ0v) is 8.04. The van der Waals surface area contributed by atoms with Crippen molar-refractivity contribution < 1.29 is 4.92 Å². The van der Waals surface area contributed by atoms with E-state index in [0.29, 0.717) is 5.69 Å². The molecule has 0 aliphatic heterocycles. The number of nitro groups is 1. The van der Waals surface area contributed by atoms with Crippen LogP contribution in [-0.2, 0) is 0 Å². The van der Waals surface area contributed by atoms with Gasteiger partial charge in [-0.1, -0.05) is 0 Å². The average Bonchev–Trinajstić information content (AvgIpc) is 2.15. The number of rotatable bonds is 3. The van der Waals surface area contributed by atoms with Crippen LogP contribution in [0.4, 0.5) is 5.69 Å². The minimum atomic E-state index is -0.442. The zero-order chi connectivity index (χ0) is 10.6. The Bertz CT molecular complexity index is 361. The first-order chi connectivity index (χ1) is 6.61. The van der Waals surface area contributed by atoms with Gasteiger partial charge in [-0.3, -0.25) is 10.1 Å². The lowest BCUT2D eigenvalue weighted by Crippen LogP contribution is -2.00. The first-order valence-corrected chi connectivity index (χ1v) is 4.05. The second-order valence-corrected chi connectivity index (χ2v) is 2.94. The minimum absolute atomic E-state index is 0.0191. The predicted molar refractivity (Wildman–Crippen MR) is 53.6 cm³/mol. The van der Waals surface area contributed by atoms with Crippen molar-refractivity contribution in [3.8, 4) is 0 Å². The topological polar surface area (TPSA) is 59.3 Å². The second kappa shape index (κ2) is 4.36.